The Labute approximate surface area is 161 Å². The Balaban J connectivity index is 0.00000117. The highest BCUT2D eigenvalue weighted by molar-refractivity contribution is 5.46. The van der Waals surface area contributed by atoms with Gasteiger partial charge in [-0.2, -0.15) is 0 Å². The number of nitrogens with zero attached hydrogens (tertiary/aromatic N) is 1. The van der Waals surface area contributed by atoms with Gasteiger partial charge in [0.1, 0.15) is 5.75 Å². The fraction of sp³-hybridized carbons (Fsp3) is 0.667. The molecule has 2 aliphatic rings. The Hall–Kier alpha value is -1.28. The van der Waals surface area contributed by atoms with Crippen LogP contribution < -0.4 is 4.74 Å². The van der Waals surface area contributed by atoms with Crippen molar-refractivity contribution in [2.45, 2.75) is 72.6 Å². The lowest BCUT2D eigenvalue weighted by molar-refractivity contribution is 0.136. The van der Waals surface area contributed by atoms with Crippen LogP contribution in [0.25, 0.3) is 0 Å². The fourth-order valence-electron chi connectivity index (χ4n) is 4.25. The Morgan fingerprint density at radius 1 is 1.19 bits per heavy atom. The van der Waals surface area contributed by atoms with Gasteiger partial charge in [0, 0.05) is 17.5 Å². The van der Waals surface area contributed by atoms with Crippen LogP contribution in [-0.4, -0.2) is 31.1 Å². The van der Waals surface area contributed by atoms with Crippen LogP contribution in [0.15, 0.2) is 30.4 Å². The quantitative estimate of drug-likeness (QED) is 0.601. The van der Waals surface area contributed by atoms with E-state index in [4.69, 9.17) is 4.74 Å². The molecule has 1 aromatic carbocycles. The zero-order valence-corrected chi connectivity index (χ0v) is 18.0. The average Bonchev–Trinajstić information content (AvgIpc) is 2.92. The van der Waals surface area contributed by atoms with Gasteiger partial charge in [0.25, 0.3) is 0 Å². The van der Waals surface area contributed by atoms with E-state index in [2.05, 4.69) is 57.4 Å². The lowest BCUT2D eigenvalue weighted by Gasteiger charge is -2.38. The average molecular weight is 358 g/mol. The van der Waals surface area contributed by atoms with E-state index in [1.165, 1.54) is 42.6 Å². The first-order valence-electron chi connectivity index (χ1n) is 10.4. The van der Waals surface area contributed by atoms with Crippen LogP contribution in [0.1, 0.15) is 71.4 Å². The Bertz CT molecular complexity index is 603. The summed E-state index contributed by atoms with van der Waals surface area (Å²) in [5.41, 5.74) is 4.76. The van der Waals surface area contributed by atoms with Crippen LogP contribution in [0.5, 0.6) is 5.75 Å². The van der Waals surface area contributed by atoms with Crippen molar-refractivity contribution in [1.82, 2.24) is 4.90 Å². The molecular weight excluding hydrogens is 318 g/mol. The van der Waals surface area contributed by atoms with Gasteiger partial charge in [-0.25, -0.2) is 0 Å². The monoisotopic (exact) mass is 357 g/mol. The molecule has 0 radical (unpaired) electrons. The number of piperidine rings is 1. The minimum atomic E-state index is 0.266. The van der Waals surface area contributed by atoms with E-state index in [0.717, 1.165) is 31.7 Å². The van der Waals surface area contributed by atoms with Crippen molar-refractivity contribution >= 4 is 0 Å². The van der Waals surface area contributed by atoms with Gasteiger partial charge in [-0.05, 0) is 62.7 Å². The summed E-state index contributed by atoms with van der Waals surface area (Å²) in [5.74, 6) is 1.13. The van der Waals surface area contributed by atoms with E-state index in [1.807, 2.05) is 13.8 Å². The molecule has 0 atom stereocenters. The lowest BCUT2D eigenvalue weighted by Crippen LogP contribution is -2.43. The third-order valence-electron chi connectivity index (χ3n) is 5.59. The summed E-state index contributed by atoms with van der Waals surface area (Å²) in [6, 6.07) is 6.74. The molecule has 1 aromatic rings. The second-order valence-electron chi connectivity index (χ2n) is 9.15. The summed E-state index contributed by atoms with van der Waals surface area (Å²) in [5, 5.41) is 0. The van der Waals surface area contributed by atoms with E-state index in [0.29, 0.717) is 5.41 Å². The van der Waals surface area contributed by atoms with E-state index >= 15 is 0 Å². The van der Waals surface area contributed by atoms with Crippen LogP contribution in [0, 0.1) is 12.3 Å². The van der Waals surface area contributed by atoms with Crippen molar-refractivity contribution in [3.8, 4) is 5.75 Å². The highest BCUT2D eigenvalue weighted by atomic mass is 16.5. The summed E-state index contributed by atoms with van der Waals surface area (Å²) < 4.78 is 6.03. The molecule has 26 heavy (non-hydrogen) atoms. The van der Waals surface area contributed by atoms with Crippen molar-refractivity contribution in [2.24, 2.45) is 5.41 Å². The highest BCUT2D eigenvalue weighted by Crippen LogP contribution is 2.45. The number of ether oxygens (including phenoxy) is 1. The van der Waals surface area contributed by atoms with Gasteiger partial charge < -0.3 is 9.64 Å². The van der Waals surface area contributed by atoms with Gasteiger partial charge >= 0.3 is 0 Å². The first-order valence-corrected chi connectivity index (χ1v) is 10.4. The van der Waals surface area contributed by atoms with Gasteiger partial charge in [0.2, 0.25) is 0 Å². The summed E-state index contributed by atoms with van der Waals surface area (Å²) in [4.78, 5) is 2.62. The predicted octanol–water partition coefficient (Wildman–Crippen LogP) is 6.13. The molecule has 0 aliphatic carbocycles. The number of rotatable bonds is 4. The van der Waals surface area contributed by atoms with Crippen LogP contribution >= 0.6 is 0 Å². The first kappa shape index (κ1) is 21.0. The normalized spacial score (nSPS) is 18.7. The number of aryl methyl sites for hydroxylation is 1. The number of hydrogen-bond acceptors (Lipinski definition) is 2. The van der Waals surface area contributed by atoms with Crippen LogP contribution in [0.4, 0.5) is 0 Å². The molecule has 146 valence electrons. The van der Waals surface area contributed by atoms with Crippen LogP contribution in [0.3, 0.4) is 0 Å². The number of hydrogen-bond donors (Lipinski definition) is 0. The number of benzene rings is 1. The second-order valence-corrected chi connectivity index (χ2v) is 9.15. The molecule has 2 aliphatic heterocycles. The predicted molar refractivity (Wildman–Crippen MR) is 113 cm³/mol. The van der Waals surface area contributed by atoms with E-state index in [1.54, 1.807) is 0 Å². The van der Waals surface area contributed by atoms with Crippen LogP contribution in [-0.2, 0) is 5.41 Å². The molecule has 2 nitrogen and oxygen atoms in total. The molecule has 0 amide bonds. The minimum Gasteiger partial charge on any atom is -0.492 e. The topological polar surface area (TPSA) is 12.5 Å². The van der Waals surface area contributed by atoms with Crippen molar-refractivity contribution in [2.75, 3.05) is 26.2 Å². The third-order valence-corrected chi connectivity index (χ3v) is 5.59. The molecule has 1 fully saturated rings. The standard InChI is InChI=1S/C22H33NO.C2H6/c1-17-6-7-19-20(14-17)24-16-22(19)9-12-23(13-10-22)11-8-18(2)15-21(3,4)5;1-2/h6-7,14H,2,8-13,15-16H2,1,3-5H3;1-2H3. The molecule has 1 spiro atoms. The molecule has 3 rings (SSSR count). The van der Waals surface area contributed by atoms with E-state index < -0.39 is 0 Å². The van der Waals surface area contributed by atoms with Gasteiger partial charge in [-0.3, -0.25) is 0 Å². The molecule has 0 bridgehead atoms. The van der Waals surface area contributed by atoms with Gasteiger partial charge in [-0.15, -0.1) is 0 Å². The molecule has 2 heterocycles. The Kier molecular flexibility index (Phi) is 6.96. The summed E-state index contributed by atoms with van der Waals surface area (Å²) in [6.07, 6.45) is 4.70. The third kappa shape index (κ3) is 5.13. The molecule has 2 heteroatoms. The van der Waals surface area contributed by atoms with Gasteiger partial charge in [0.05, 0.1) is 6.61 Å². The maximum absolute atomic E-state index is 6.03. The summed E-state index contributed by atoms with van der Waals surface area (Å²) in [7, 11) is 0. The molecule has 0 unspecified atom stereocenters. The Morgan fingerprint density at radius 2 is 1.85 bits per heavy atom. The SMILES string of the molecule is C=C(CCN1CCC2(CC1)COc1cc(C)ccc12)CC(C)(C)C.CC. The van der Waals surface area contributed by atoms with Crippen molar-refractivity contribution in [3.63, 3.8) is 0 Å². The van der Waals surface area contributed by atoms with E-state index in [9.17, 15) is 0 Å². The van der Waals surface area contributed by atoms with Crippen molar-refractivity contribution in [3.05, 3.63) is 41.5 Å². The van der Waals surface area contributed by atoms with Crippen molar-refractivity contribution in [1.29, 1.82) is 0 Å². The minimum absolute atomic E-state index is 0.266. The second kappa shape index (κ2) is 8.61. The van der Waals surface area contributed by atoms with Gasteiger partial charge in [0.15, 0.2) is 0 Å². The molecule has 0 N–H and O–H groups in total. The number of likely N-dealkylation sites (tertiary alicyclic amines) is 1. The highest BCUT2D eigenvalue weighted by Gasteiger charge is 2.42. The fourth-order valence-corrected chi connectivity index (χ4v) is 4.25. The maximum Gasteiger partial charge on any atom is 0.123 e. The summed E-state index contributed by atoms with van der Waals surface area (Å²) >= 11 is 0. The molecule has 0 saturated carbocycles. The Morgan fingerprint density at radius 3 is 2.46 bits per heavy atom. The molecule has 0 aromatic heterocycles. The zero-order chi connectivity index (χ0) is 19.4. The largest absolute Gasteiger partial charge is 0.492 e. The van der Waals surface area contributed by atoms with Crippen molar-refractivity contribution < 1.29 is 4.74 Å². The van der Waals surface area contributed by atoms with Gasteiger partial charge in [-0.1, -0.05) is 58.9 Å². The van der Waals surface area contributed by atoms with E-state index in [-0.39, 0.29) is 5.41 Å². The zero-order valence-electron chi connectivity index (χ0n) is 18.0. The first-order chi connectivity index (χ1) is 12.3. The molecular formula is C24H39NO. The summed E-state index contributed by atoms with van der Waals surface area (Å²) in [6.45, 7) is 21.7. The molecule has 1 saturated heterocycles. The van der Waals surface area contributed by atoms with Crippen LogP contribution in [0.2, 0.25) is 0 Å². The lowest BCUT2D eigenvalue weighted by atomic mass is 9.74. The smallest absolute Gasteiger partial charge is 0.123 e. The number of fused-ring (bicyclic) bond motifs is 2. The maximum atomic E-state index is 6.03.